The van der Waals surface area contributed by atoms with Crippen LogP contribution in [0.25, 0.3) is 0 Å². The summed E-state index contributed by atoms with van der Waals surface area (Å²) >= 11 is 0. The fourth-order valence-corrected chi connectivity index (χ4v) is 3.46. The Kier molecular flexibility index (Phi) is 9.23. The normalized spacial score (nSPS) is 12.6. The molecule has 144 valence electrons. The maximum atomic E-state index is 13.0. The molecule has 0 aliphatic carbocycles. The third kappa shape index (κ3) is 6.48. The maximum Gasteiger partial charge on any atom is 0.227 e. The van der Waals surface area contributed by atoms with E-state index in [1.807, 2.05) is 6.92 Å². The molecule has 1 aromatic rings. The molecule has 4 heteroatoms. The Morgan fingerprint density at radius 3 is 2.36 bits per heavy atom. The van der Waals surface area contributed by atoms with Gasteiger partial charge in [-0.15, -0.1) is 0 Å². The number of hydrogen-bond acceptors (Lipinski definition) is 2. The first-order valence-corrected chi connectivity index (χ1v) is 10.1. The Bertz CT molecular complexity index is 533. The second kappa shape index (κ2) is 10.6. The lowest BCUT2D eigenvalue weighted by Gasteiger charge is -2.29. The molecule has 25 heavy (non-hydrogen) atoms. The monoisotopic (exact) mass is 349 g/mol. The van der Waals surface area contributed by atoms with Gasteiger partial charge in [-0.25, -0.2) is 0 Å². The number of nitrogens with zero attached hydrogens (tertiary/aromatic N) is 3. The van der Waals surface area contributed by atoms with Crippen molar-refractivity contribution < 1.29 is 4.79 Å². The standard InChI is InChI=1S/C21H39N3O/c1-8-10-11-13-23(17(5)12-9-2)21(25)14-20-18(6)22-24(19(20)7)15-16(3)4/h16-17H,8-15H2,1-7H3. The number of unbranched alkanes of at least 4 members (excludes halogenated alkanes) is 2. The molecule has 0 fully saturated rings. The quantitative estimate of drug-likeness (QED) is 0.533. The number of carbonyl (C=O) groups excluding carboxylic acids is 1. The molecular weight excluding hydrogens is 310 g/mol. The molecule has 0 radical (unpaired) electrons. The van der Waals surface area contributed by atoms with Gasteiger partial charge in [0.25, 0.3) is 0 Å². The minimum Gasteiger partial charge on any atom is -0.340 e. The molecule has 0 aliphatic rings. The summed E-state index contributed by atoms with van der Waals surface area (Å²) in [6.07, 6.45) is 6.14. The number of carbonyl (C=O) groups is 1. The maximum absolute atomic E-state index is 13.0. The van der Waals surface area contributed by atoms with Crippen LogP contribution in [0.1, 0.15) is 83.7 Å². The first-order valence-electron chi connectivity index (χ1n) is 10.1. The van der Waals surface area contributed by atoms with Crippen LogP contribution >= 0.6 is 0 Å². The largest absolute Gasteiger partial charge is 0.340 e. The second-order valence-corrected chi connectivity index (χ2v) is 7.83. The lowest BCUT2D eigenvalue weighted by Crippen LogP contribution is -2.40. The fourth-order valence-electron chi connectivity index (χ4n) is 3.46. The van der Waals surface area contributed by atoms with Gasteiger partial charge in [0.05, 0.1) is 12.1 Å². The molecule has 0 N–H and O–H groups in total. The van der Waals surface area contributed by atoms with E-state index in [9.17, 15) is 4.79 Å². The molecular formula is C21H39N3O. The summed E-state index contributed by atoms with van der Waals surface area (Å²) in [6, 6.07) is 0.320. The van der Waals surface area contributed by atoms with Crippen LogP contribution in [0.5, 0.6) is 0 Å². The van der Waals surface area contributed by atoms with E-state index in [2.05, 4.69) is 56.2 Å². The smallest absolute Gasteiger partial charge is 0.227 e. The van der Waals surface area contributed by atoms with E-state index >= 15 is 0 Å². The second-order valence-electron chi connectivity index (χ2n) is 7.83. The van der Waals surface area contributed by atoms with E-state index in [0.717, 1.165) is 49.3 Å². The Hall–Kier alpha value is -1.32. The number of amides is 1. The number of aromatic nitrogens is 2. The molecule has 0 bridgehead atoms. The van der Waals surface area contributed by atoms with Gasteiger partial charge in [-0.1, -0.05) is 47.0 Å². The highest BCUT2D eigenvalue weighted by molar-refractivity contribution is 5.79. The zero-order chi connectivity index (χ0) is 19.0. The van der Waals surface area contributed by atoms with Crippen molar-refractivity contribution in [2.75, 3.05) is 6.54 Å². The van der Waals surface area contributed by atoms with E-state index in [-0.39, 0.29) is 5.91 Å². The van der Waals surface area contributed by atoms with Crippen LogP contribution in [0, 0.1) is 19.8 Å². The Labute approximate surface area is 155 Å². The van der Waals surface area contributed by atoms with Crippen molar-refractivity contribution in [3.63, 3.8) is 0 Å². The molecule has 0 saturated heterocycles. The number of aryl methyl sites for hydroxylation is 1. The molecule has 0 aromatic carbocycles. The Morgan fingerprint density at radius 1 is 1.12 bits per heavy atom. The van der Waals surface area contributed by atoms with E-state index in [1.54, 1.807) is 0 Å². The van der Waals surface area contributed by atoms with Crippen LogP contribution in [0.4, 0.5) is 0 Å². The minimum absolute atomic E-state index is 0.257. The summed E-state index contributed by atoms with van der Waals surface area (Å²) in [5.74, 6) is 0.809. The lowest BCUT2D eigenvalue weighted by molar-refractivity contribution is -0.132. The van der Waals surface area contributed by atoms with Gasteiger partial charge < -0.3 is 4.90 Å². The molecule has 4 nitrogen and oxygen atoms in total. The van der Waals surface area contributed by atoms with Gasteiger partial charge in [0.1, 0.15) is 0 Å². The molecule has 1 heterocycles. The predicted octanol–water partition coefficient (Wildman–Crippen LogP) is 4.91. The topological polar surface area (TPSA) is 38.1 Å². The van der Waals surface area contributed by atoms with E-state index in [4.69, 9.17) is 0 Å². The summed E-state index contributed by atoms with van der Waals surface area (Å²) in [5, 5.41) is 4.67. The average Bonchev–Trinajstić information content (AvgIpc) is 2.78. The van der Waals surface area contributed by atoms with Crippen LogP contribution in [0.2, 0.25) is 0 Å². The molecule has 1 rings (SSSR count). The van der Waals surface area contributed by atoms with Gasteiger partial charge >= 0.3 is 0 Å². The third-order valence-electron chi connectivity index (χ3n) is 4.96. The third-order valence-corrected chi connectivity index (χ3v) is 4.96. The summed E-state index contributed by atoms with van der Waals surface area (Å²) in [5.41, 5.74) is 3.27. The summed E-state index contributed by atoms with van der Waals surface area (Å²) in [7, 11) is 0. The van der Waals surface area contributed by atoms with Crippen molar-refractivity contribution in [2.45, 2.75) is 99.6 Å². The zero-order valence-electron chi connectivity index (χ0n) is 17.6. The molecule has 0 aliphatic heterocycles. The SMILES string of the molecule is CCCCCN(C(=O)Cc1c(C)nn(CC(C)C)c1C)C(C)CCC. The van der Waals surface area contributed by atoms with Gasteiger partial charge in [-0.3, -0.25) is 9.48 Å². The van der Waals surface area contributed by atoms with Crippen molar-refractivity contribution in [1.82, 2.24) is 14.7 Å². The van der Waals surface area contributed by atoms with E-state index in [0.29, 0.717) is 18.4 Å². The van der Waals surface area contributed by atoms with E-state index in [1.165, 1.54) is 12.8 Å². The van der Waals surface area contributed by atoms with Gasteiger partial charge in [0, 0.05) is 30.4 Å². The van der Waals surface area contributed by atoms with Crippen molar-refractivity contribution in [1.29, 1.82) is 0 Å². The van der Waals surface area contributed by atoms with Crippen molar-refractivity contribution in [2.24, 2.45) is 5.92 Å². The van der Waals surface area contributed by atoms with E-state index < -0.39 is 0 Å². The average molecular weight is 350 g/mol. The summed E-state index contributed by atoms with van der Waals surface area (Å²) in [6.45, 7) is 16.9. The molecule has 1 unspecified atom stereocenters. The van der Waals surface area contributed by atoms with Crippen LogP contribution in [-0.2, 0) is 17.8 Å². The highest BCUT2D eigenvalue weighted by atomic mass is 16.2. The molecule has 0 spiro atoms. The number of hydrogen-bond donors (Lipinski definition) is 0. The highest BCUT2D eigenvalue weighted by Gasteiger charge is 2.22. The van der Waals surface area contributed by atoms with Gasteiger partial charge in [-0.05, 0) is 39.5 Å². The number of rotatable bonds is 11. The van der Waals surface area contributed by atoms with Gasteiger partial charge in [-0.2, -0.15) is 5.10 Å². The van der Waals surface area contributed by atoms with Gasteiger partial charge in [0.2, 0.25) is 5.91 Å². The van der Waals surface area contributed by atoms with Crippen LogP contribution in [-0.4, -0.2) is 33.2 Å². The highest BCUT2D eigenvalue weighted by Crippen LogP contribution is 2.18. The van der Waals surface area contributed by atoms with Crippen molar-refractivity contribution in [3.05, 3.63) is 17.0 Å². The van der Waals surface area contributed by atoms with Crippen LogP contribution in [0.3, 0.4) is 0 Å². The molecule has 1 aromatic heterocycles. The predicted molar refractivity (Wildman–Crippen MR) is 106 cm³/mol. The first kappa shape index (κ1) is 21.7. The minimum atomic E-state index is 0.257. The molecule has 1 atom stereocenters. The van der Waals surface area contributed by atoms with Crippen LogP contribution in [0.15, 0.2) is 0 Å². The summed E-state index contributed by atoms with van der Waals surface area (Å²) in [4.78, 5) is 15.2. The summed E-state index contributed by atoms with van der Waals surface area (Å²) < 4.78 is 2.07. The van der Waals surface area contributed by atoms with Crippen molar-refractivity contribution >= 4 is 5.91 Å². The lowest BCUT2D eigenvalue weighted by atomic mass is 10.1. The van der Waals surface area contributed by atoms with Crippen molar-refractivity contribution in [3.8, 4) is 0 Å². The Morgan fingerprint density at radius 2 is 1.80 bits per heavy atom. The first-order chi connectivity index (χ1) is 11.8. The van der Waals surface area contributed by atoms with Gasteiger partial charge in [0.15, 0.2) is 0 Å². The fraction of sp³-hybridized carbons (Fsp3) is 0.810. The molecule has 0 saturated carbocycles. The molecule has 1 amide bonds. The van der Waals surface area contributed by atoms with Crippen LogP contribution < -0.4 is 0 Å². The Balaban J connectivity index is 2.89. The zero-order valence-corrected chi connectivity index (χ0v) is 17.6.